The summed E-state index contributed by atoms with van der Waals surface area (Å²) in [6, 6.07) is 10.8. The second-order valence-corrected chi connectivity index (χ2v) is 5.53. The summed E-state index contributed by atoms with van der Waals surface area (Å²) in [5.41, 5.74) is 3.51. The number of nitrogens with zero attached hydrogens (tertiary/aromatic N) is 1. The van der Waals surface area contributed by atoms with Crippen LogP contribution < -0.4 is 10.6 Å². The minimum absolute atomic E-state index is 0.0665. The van der Waals surface area contributed by atoms with Crippen molar-refractivity contribution in [3.8, 4) is 0 Å². The molecule has 0 bridgehead atoms. The molecule has 0 aliphatic carbocycles. The van der Waals surface area contributed by atoms with Gasteiger partial charge in [-0.25, -0.2) is 0 Å². The summed E-state index contributed by atoms with van der Waals surface area (Å²) < 4.78 is 0. The predicted molar refractivity (Wildman–Crippen MR) is 89.0 cm³/mol. The number of amides is 2. The summed E-state index contributed by atoms with van der Waals surface area (Å²) in [6.45, 7) is 5.73. The third-order valence-electron chi connectivity index (χ3n) is 3.69. The maximum Gasteiger partial charge on any atom is 0.251 e. The van der Waals surface area contributed by atoms with Crippen molar-refractivity contribution in [2.45, 2.75) is 26.8 Å². The molecular formula is C18H21N3O2. The fraction of sp³-hybridized carbons (Fsp3) is 0.278. The maximum absolute atomic E-state index is 12.1. The third kappa shape index (κ3) is 4.64. The molecule has 1 aromatic carbocycles. The van der Waals surface area contributed by atoms with Crippen molar-refractivity contribution < 1.29 is 9.59 Å². The van der Waals surface area contributed by atoms with Crippen molar-refractivity contribution in [3.63, 3.8) is 0 Å². The van der Waals surface area contributed by atoms with Crippen LogP contribution in [0, 0.1) is 13.8 Å². The standard InChI is InChI=1S/C18H21N3O2/c1-12-7-8-15(10-13(12)2)18(23)20-11-17(22)21-14(3)16-6-4-5-9-19-16/h4-10,14H,11H2,1-3H3,(H,20,23)(H,21,22). The van der Waals surface area contributed by atoms with Gasteiger partial charge in [0.25, 0.3) is 5.91 Å². The van der Waals surface area contributed by atoms with E-state index in [9.17, 15) is 9.59 Å². The number of aryl methyl sites for hydroxylation is 2. The molecule has 2 rings (SSSR count). The lowest BCUT2D eigenvalue weighted by Crippen LogP contribution is -2.38. The molecule has 5 nitrogen and oxygen atoms in total. The highest BCUT2D eigenvalue weighted by Gasteiger charge is 2.12. The summed E-state index contributed by atoms with van der Waals surface area (Å²) in [7, 11) is 0. The fourth-order valence-corrected chi connectivity index (χ4v) is 2.14. The molecule has 0 saturated carbocycles. The van der Waals surface area contributed by atoms with Gasteiger partial charge in [0.2, 0.25) is 5.91 Å². The van der Waals surface area contributed by atoms with E-state index in [-0.39, 0.29) is 24.4 Å². The van der Waals surface area contributed by atoms with E-state index in [0.717, 1.165) is 16.8 Å². The molecule has 2 aromatic rings. The minimum Gasteiger partial charge on any atom is -0.346 e. The van der Waals surface area contributed by atoms with Crippen molar-refractivity contribution in [2.75, 3.05) is 6.54 Å². The second kappa shape index (κ2) is 7.54. The average molecular weight is 311 g/mol. The van der Waals surface area contributed by atoms with Gasteiger partial charge in [0.15, 0.2) is 0 Å². The lowest BCUT2D eigenvalue weighted by atomic mass is 10.1. The fourth-order valence-electron chi connectivity index (χ4n) is 2.14. The van der Waals surface area contributed by atoms with Crippen LogP contribution in [-0.4, -0.2) is 23.3 Å². The SMILES string of the molecule is Cc1ccc(C(=O)NCC(=O)NC(C)c2ccccn2)cc1C. The molecule has 23 heavy (non-hydrogen) atoms. The first-order chi connectivity index (χ1) is 11.0. The third-order valence-corrected chi connectivity index (χ3v) is 3.69. The average Bonchev–Trinajstić information content (AvgIpc) is 2.56. The van der Waals surface area contributed by atoms with Gasteiger partial charge in [-0.2, -0.15) is 0 Å². The number of carbonyl (C=O) groups is 2. The number of pyridine rings is 1. The molecule has 0 saturated heterocycles. The van der Waals surface area contributed by atoms with Gasteiger partial charge in [0, 0.05) is 11.8 Å². The van der Waals surface area contributed by atoms with Gasteiger partial charge in [-0.15, -0.1) is 0 Å². The molecule has 0 aliphatic rings. The van der Waals surface area contributed by atoms with Crippen molar-refractivity contribution in [1.29, 1.82) is 0 Å². The number of benzene rings is 1. The van der Waals surface area contributed by atoms with Gasteiger partial charge in [-0.3, -0.25) is 14.6 Å². The van der Waals surface area contributed by atoms with Crippen LogP contribution in [0.15, 0.2) is 42.6 Å². The Kier molecular flexibility index (Phi) is 5.46. The zero-order valence-electron chi connectivity index (χ0n) is 13.6. The summed E-state index contributed by atoms with van der Waals surface area (Å²) >= 11 is 0. The molecule has 0 radical (unpaired) electrons. The zero-order valence-corrected chi connectivity index (χ0v) is 13.6. The molecular weight excluding hydrogens is 290 g/mol. The highest BCUT2D eigenvalue weighted by Crippen LogP contribution is 2.10. The van der Waals surface area contributed by atoms with Crippen LogP contribution in [0.4, 0.5) is 0 Å². The van der Waals surface area contributed by atoms with Crippen LogP contribution in [0.1, 0.15) is 40.1 Å². The van der Waals surface area contributed by atoms with Gasteiger partial charge in [-0.1, -0.05) is 12.1 Å². The Hall–Kier alpha value is -2.69. The Morgan fingerprint density at radius 2 is 1.91 bits per heavy atom. The Labute approximate surface area is 136 Å². The molecule has 0 aliphatic heterocycles. The minimum atomic E-state index is -0.256. The van der Waals surface area contributed by atoms with E-state index in [0.29, 0.717) is 5.56 Å². The highest BCUT2D eigenvalue weighted by molar-refractivity contribution is 5.96. The summed E-state index contributed by atoms with van der Waals surface area (Å²) in [4.78, 5) is 28.2. The molecule has 2 amide bonds. The van der Waals surface area contributed by atoms with Crippen LogP contribution >= 0.6 is 0 Å². The predicted octanol–water partition coefficient (Wildman–Crippen LogP) is 2.31. The molecule has 1 unspecified atom stereocenters. The molecule has 1 atom stereocenters. The van der Waals surface area contributed by atoms with Crippen LogP contribution in [-0.2, 0) is 4.79 Å². The second-order valence-electron chi connectivity index (χ2n) is 5.53. The lowest BCUT2D eigenvalue weighted by Gasteiger charge is -2.13. The largest absolute Gasteiger partial charge is 0.346 e. The number of rotatable bonds is 5. The van der Waals surface area contributed by atoms with E-state index >= 15 is 0 Å². The Morgan fingerprint density at radius 3 is 2.57 bits per heavy atom. The Balaban J connectivity index is 1.86. The Bertz CT molecular complexity index is 699. The van der Waals surface area contributed by atoms with Crippen molar-refractivity contribution >= 4 is 11.8 Å². The topological polar surface area (TPSA) is 71.1 Å². The molecule has 5 heteroatoms. The van der Waals surface area contributed by atoms with Gasteiger partial charge >= 0.3 is 0 Å². The number of nitrogens with one attached hydrogen (secondary N) is 2. The van der Waals surface area contributed by atoms with E-state index in [4.69, 9.17) is 0 Å². The van der Waals surface area contributed by atoms with Crippen molar-refractivity contribution in [3.05, 3.63) is 65.0 Å². The van der Waals surface area contributed by atoms with E-state index in [1.807, 2.05) is 51.1 Å². The molecule has 120 valence electrons. The van der Waals surface area contributed by atoms with Gasteiger partial charge < -0.3 is 10.6 Å². The van der Waals surface area contributed by atoms with Gasteiger partial charge in [0.05, 0.1) is 18.3 Å². The smallest absolute Gasteiger partial charge is 0.251 e. The molecule has 2 N–H and O–H groups in total. The first-order valence-corrected chi connectivity index (χ1v) is 7.53. The normalized spacial score (nSPS) is 11.6. The first-order valence-electron chi connectivity index (χ1n) is 7.53. The number of hydrogen-bond acceptors (Lipinski definition) is 3. The van der Waals surface area contributed by atoms with Gasteiger partial charge in [0.1, 0.15) is 0 Å². The van der Waals surface area contributed by atoms with Crippen molar-refractivity contribution in [2.24, 2.45) is 0 Å². The summed E-state index contributed by atoms with van der Waals surface area (Å²) in [5.74, 6) is -0.505. The molecule has 1 heterocycles. The van der Waals surface area contributed by atoms with E-state index < -0.39 is 0 Å². The number of hydrogen-bond donors (Lipinski definition) is 2. The monoisotopic (exact) mass is 311 g/mol. The number of aromatic nitrogens is 1. The van der Waals surface area contributed by atoms with E-state index in [1.165, 1.54) is 0 Å². The highest BCUT2D eigenvalue weighted by atomic mass is 16.2. The van der Waals surface area contributed by atoms with E-state index in [1.54, 1.807) is 12.3 Å². The summed E-state index contributed by atoms with van der Waals surface area (Å²) in [5, 5.41) is 5.44. The zero-order chi connectivity index (χ0) is 16.8. The maximum atomic E-state index is 12.1. The van der Waals surface area contributed by atoms with Gasteiger partial charge in [-0.05, 0) is 56.2 Å². The van der Waals surface area contributed by atoms with Crippen LogP contribution in [0.5, 0.6) is 0 Å². The van der Waals surface area contributed by atoms with Crippen molar-refractivity contribution in [1.82, 2.24) is 15.6 Å². The molecule has 0 spiro atoms. The quantitative estimate of drug-likeness (QED) is 0.890. The molecule has 1 aromatic heterocycles. The summed E-state index contributed by atoms with van der Waals surface area (Å²) in [6.07, 6.45) is 1.68. The van der Waals surface area contributed by atoms with Crippen LogP contribution in [0.25, 0.3) is 0 Å². The van der Waals surface area contributed by atoms with E-state index in [2.05, 4.69) is 15.6 Å². The van der Waals surface area contributed by atoms with Crippen LogP contribution in [0.2, 0.25) is 0 Å². The molecule has 0 fully saturated rings. The first kappa shape index (κ1) is 16.7. The number of carbonyl (C=O) groups excluding carboxylic acids is 2. The van der Waals surface area contributed by atoms with Crippen LogP contribution in [0.3, 0.4) is 0 Å². The Morgan fingerprint density at radius 1 is 1.13 bits per heavy atom. The lowest BCUT2D eigenvalue weighted by molar-refractivity contribution is -0.120.